The molecule has 2 aromatic rings. The fourth-order valence-electron chi connectivity index (χ4n) is 2.72. The summed E-state index contributed by atoms with van der Waals surface area (Å²) in [5.74, 6) is 0.0120. The van der Waals surface area contributed by atoms with Gasteiger partial charge < -0.3 is 15.4 Å². The standard InChI is InChI=1S/C21H26FN3O2/c1-5-16(10-21(26)27-4)19-11-18(23)12-20(24-19)25(14(2)3)13-15-6-8-17(22)9-7-15/h6-12,14H,5,13H2,1-4H3,(H2,23,24)/b16-10+. The van der Waals surface area contributed by atoms with Crippen LogP contribution in [0.3, 0.4) is 0 Å². The minimum absolute atomic E-state index is 0.145. The van der Waals surface area contributed by atoms with Crippen molar-refractivity contribution in [2.24, 2.45) is 0 Å². The number of nitrogen functional groups attached to an aromatic ring is 1. The third kappa shape index (κ3) is 5.54. The highest BCUT2D eigenvalue weighted by atomic mass is 19.1. The van der Waals surface area contributed by atoms with Crippen molar-refractivity contribution in [3.8, 4) is 0 Å². The Balaban J connectivity index is 2.41. The van der Waals surface area contributed by atoms with Gasteiger partial charge in [-0.1, -0.05) is 19.1 Å². The van der Waals surface area contributed by atoms with Crippen LogP contribution in [0.25, 0.3) is 5.57 Å². The number of allylic oxidation sites excluding steroid dienone is 1. The highest BCUT2D eigenvalue weighted by molar-refractivity contribution is 5.91. The summed E-state index contributed by atoms with van der Waals surface area (Å²) < 4.78 is 17.9. The van der Waals surface area contributed by atoms with Gasteiger partial charge in [0.1, 0.15) is 11.6 Å². The van der Waals surface area contributed by atoms with E-state index in [2.05, 4.69) is 18.7 Å². The minimum Gasteiger partial charge on any atom is -0.466 e. The van der Waals surface area contributed by atoms with Crippen molar-refractivity contribution in [2.45, 2.75) is 39.8 Å². The number of hydrogen-bond donors (Lipinski definition) is 1. The first-order chi connectivity index (χ1) is 12.8. The molecular weight excluding hydrogens is 345 g/mol. The van der Waals surface area contributed by atoms with Crippen molar-refractivity contribution in [2.75, 3.05) is 17.7 Å². The van der Waals surface area contributed by atoms with Gasteiger partial charge in [0.2, 0.25) is 0 Å². The summed E-state index contributed by atoms with van der Waals surface area (Å²) >= 11 is 0. The Hall–Kier alpha value is -2.89. The molecule has 0 radical (unpaired) electrons. The van der Waals surface area contributed by atoms with Gasteiger partial charge in [0, 0.05) is 30.4 Å². The second-order valence-corrected chi connectivity index (χ2v) is 6.54. The fourth-order valence-corrected chi connectivity index (χ4v) is 2.72. The molecule has 0 amide bonds. The molecule has 6 heteroatoms. The number of methoxy groups -OCH3 is 1. The van der Waals surface area contributed by atoms with E-state index in [1.807, 2.05) is 6.92 Å². The second-order valence-electron chi connectivity index (χ2n) is 6.54. The predicted octanol–water partition coefficient (Wildman–Crippen LogP) is 4.18. The number of rotatable bonds is 7. The number of carbonyl (C=O) groups is 1. The van der Waals surface area contributed by atoms with E-state index in [9.17, 15) is 9.18 Å². The van der Waals surface area contributed by atoms with E-state index in [4.69, 9.17) is 15.5 Å². The Morgan fingerprint density at radius 2 is 1.96 bits per heavy atom. The molecule has 1 aromatic carbocycles. The Bertz CT molecular complexity index is 817. The predicted molar refractivity (Wildman–Crippen MR) is 107 cm³/mol. The van der Waals surface area contributed by atoms with Gasteiger partial charge in [-0.3, -0.25) is 0 Å². The van der Waals surface area contributed by atoms with Crippen LogP contribution in [-0.2, 0) is 16.1 Å². The first-order valence-corrected chi connectivity index (χ1v) is 8.91. The Morgan fingerprint density at radius 1 is 1.30 bits per heavy atom. The van der Waals surface area contributed by atoms with Crippen molar-refractivity contribution in [3.63, 3.8) is 0 Å². The van der Waals surface area contributed by atoms with Gasteiger partial charge in [-0.15, -0.1) is 0 Å². The lowest BCUT2D eigenvalue weighted by molar-refractivity contribution is -0.134. The molecule has 1 heterocycles. The molecule has 0 aliphatic carbocycles. The van der Waals surface area contributed by atoms with Crippen LogP contribution >= 0.6 is 0 Å². The molecule has 0 spiro atoms. The number of nitrogens with zero attached hydrogens (tertiary/aromatic N) is 2. The maximum Gasteiger partial charge on any atom is 0.330 e. The van der Waals surface area contributed by atoms with Gasteiger partial charge in [0.25, 0.3) is 0 Å². The lowest BCUT2D eigenvalue weighted by Gasteiger charge is -2.29. The molecule has 2 rings (SSSR count). The molecule has 27 heavy (non-hydrogen) atoms. The van der Waals surface area contributed by atoms with Crippen LogP contribution in [-0.4, -0.2) is 24.1 Å². The van der Waals surface area contributed by atoms with Crippen LogP contribution in [0.4, 0.5) is 15.9 Å². The summed E-state index contributed by atoms with van der Waals surface area (Å²) in [7, 11) is 1.34. The van der Waals surface area contributed by atoms with E-state index in [1.165, 1.54) is 25.3 Å². The maximum absolute atomic E-state index is 13.2. The number of ether oxygens (including phenoxy) is 1. The Kier molecular flexibility index (Phi) is 6.93. The number of halogens is 1. The van der Waals surface area contributed by atoms with Crippen molar-refractivity contribution < 1.29 is 13.9 Å². The largest absolute Gasteiger partial charge is 0.466 e. The highest BCUT2D eigenvalue weighted by Crippen LogP contribution is 2.26. The minimum atomic E-state index is -0.426. The van der Waals surface area contributed by atoms with Gasteiger partial charge in [-0.2, -0.15) is 0 Å². The van der Waals surface area contributed by atoms with E-state index >= 15 is 0 Å². The number of hydrogen-bond acceptors (Lipinski definition) is 5. The van der Waals surface area contributed by atoms with Crippen molar-refractivity contribution in [1.82, 2.24) is 4.98 Å². The Labute approximate surface area is 159 Å². The van der Waals surface area contributed by atoms with Crippen LogP contribution in [0.5, 0.6) is 0 Å². The van der Waals surface area contributed by atoms with E-state index in [1.54, 1.807) is 24.3 Å². The van der Waals surface area contributed by atoms with Crippen molar-refractivity contribution >= 4 is 23.0 Å². The molecule has 2 N–H and O–H groups in total. The number of aromatic nitrogens is 1. The molecule has 5 nitrogen and oxygen atoms in total. The van der Waals surface area contributed by atoms with Gasteiger partial charge in [0.15, 0.2) is 0 Å². The number of carbonyl (C=O) groups excluding carboxylic acids is 1. The van der Waals surface area contributed by atoms with Crippen LogP contribution in [0, 0.1) is 5.82 Å². The fraction of sp³-hybridized carbons (Fsp3) is 0.333. The molecule has 0 fully saturated rings. The molecular formula is C21H26FN3O2. The summed E-state index contributed by atoms with van der Waals surface area (Å²) in [5.41, 5.74) is 9.03. The number of anilines is 2. The summed E-state index contributed by atoms with van der Waals surface area (Å²) in [6, 6.07) is 10.1. The van der Waals surface area contributed by atoms with E-state index in [0.29, 0.717) is 30.2 Å². The van der Waals surface area contributed by atoms with Crippen LogP contribution < -0.4 is 10.6 Å². The highest BCUT2D eigenvalue weighted by Gasteiger charge is 2.16. The smallest absolute Gasteiger partial charge is 0.330 e. The molecule has 0 saturated heterocycles. The van der Waals surface area contributed by atoms with Gasteiger partial charge in [-0.05, 0) is 49.6 Å². The zero-order chi connectivity index (χ0) is 20.0. The average molecular weight is 371 g/mol. The molecule has 0 aliphatic heterocycles. The third-order valence-electron chi connectivity index (χ3n) is 4.22. The zero-order valence-corrected chi connectivity index (χ0v) is 16.2. The van der Waals surface area contributed by atoms with Crippen molar-refractivity contribution in [3.05, 3.63) is 59.5 Å². The maximum atomic E-state index is 13.2. The van der Waals surface area contributed by atoms with Gasteiger partial charge in [0.05, 0.1) is 12.8 Å². The Morgan fingerprint density at radius 3 is 2.52 bits per heavy atom. The monoisotopic (exact) mass is 371 g/mol. The SMILES string of the molecule is CC/C(=C\C(=O)OC)c1cc(N)cc(N(Cc2ccc(F)cc2)C(C)C)n1. The molecule has 144 valence electrons. The van der Waals surface area contributed by atoms with Gasteiger partial charge in [-0.25, -0.2) is 14.2 Å². The molecule has 0 saturated carbocycles. The quantitative estimate of drug-likeness (QED) is 0.584. The molecule has 1 aromatic heterocycles. The molecule has 0 aliphatic rings. The summed E-state index contributed by atoms with van der Waals surface area (Å²) in [5, 5.41) is 0. The molecule has 0 unspecified atom stereocenters. The van der Waals surface area contributed by atoms with Crippen LogP contribution in [0.2, 0.25) is 0 Å². The normalized spacial score (nSPS) is 11.6. The average Bonchev–Trinajstić information content (AvgIpc) is 2.64. The molecule has 0 atom stereocenters. The van der Waals surface area contributed by atoms with Gasteiger partial charge >= 0.3 is 5.97 Å². The first kappa shape index (κ1) is 20.4. The van der Waals surface area contributed by atoms with Crippen LogP contribution in [0.1, 0.15) is 38.4 Å². The second kappa shape index (κ2) is 9.16. The third-order valence-corrected chi connectivity index (χ3v) is 4.22. The lowest BCUT2D eigenvalue weighted by Crippen LogP contribution is -2.31. The zero-order valence-electron chi connectivity index (χ0n) is 16.2. The number of esters is 1. The summed E-state index contributed by atoms with van der Waals surface area (Å²) in [4.78, 5) is 18.4. The van der Waals surface area contributed by atoms with E-state index in [-0.39, 0.29) is 11.9 Å². The van der Waals surface area contributed by atoms with E-state index < -0.39 is 5.97 Å². The van der Waals surface area contributed by atoms with Crippen LogP contribution in [0.15, 0.2) is 42.5 Å². The van der Waals surface area contributed by atoms with E-state index in [0.717, 1.165) is 11.1 Å². The first-order valence-electron chi connectivity index (χ1n) is 8.91. The summed E-state index contributed by atoms with van der Waals surface area (Å²) in [6.07, 6.45) is 2.05. The number of benzene rings is 1. The number of pyridine rings is 1. The topological polar surface area (TPSA) is 68.5 Å². The number of nitrogens with two attached hydrogens (primary N) is 1. The molecule has 0 bridgehead atoms. The summed E-state index contributed by atoms with van der Waals surface area (Å²) in [6.45, 7) is 6.62. The lowest BCUT2D eigenvalue weighted by atomic mass is 10.1. The van der Waals surface area contributed by atoms with Crippen molar-refractivity contribution in [1.29, 1.82) is 0 Å².